The zero-order valence-corrected chi connectivity index (χ0v) is 13.7. The molecule has 0 heterocycles. The number of anilines is 1. The molecule has 3 heteroatoms. The van der Waals surface area contributed by atoms with E-state index >= 15 is 0 Å². The molecular formula is C16H15Br2N. The highest BCUT2D eigenvalue weighted by Crippen LogP contribution is 2.31. The predicted octanol–water partition coefficient (Wildman–Crippen LogP) is 5.31. The van der Waals surface area contributed by atoms with E-state index in [-0.39, 0.29) is 0 Å². The fraction of sp³-hybridized carbons (Fsp3) is 0.250. The first-order chi connectivity index (χ1) is 9.24. The Morgan fingerprint density at radius 1 is 0.947 bits per heavy atom. The van der Waals surface area contributed by atoms with Crippen LogP contribution in [-0.2, 0) is 19.4 Å². The van der Waals surface area contributed by atoms with Crippen LogP contribution in [0, 0.1) is 0 Å². The molecule has 0 spiro atoms. The van der Waals surface area contributed by atoms with Gasteiger partial charge in [-0.3, -0.25) is 0 Å². The number of aryl methyl sites for hydroxylation is 2. The second-order valence-electron chi connectivity index (χ2n) is 4.91. The number of fused-ring (bicyclic) bond motifs is 1. The van der Waals surface area contributed by atoms with Gasteiger partial charge in [-0.15, -0.1) is 0 Å². The van der Waals surface area contributed by atoms with Crippen LogP contribution in [0.25, 0.3) is 0 Å². The van der Waals surface area contributed by atoms with Gasteiger partial charge in [0.05, 0.1) is 5.69 Å². The summed E-state index contributed by atoms with van der Waals surface area (Å²) in [7, 11) is 0. The van der Waals surface area contributed by atoms with Crippen LogP contribution >= 0.6 is 31.9 Å². The van der Waals surface area contributed by atoms with E-state index in [0.29, 0.717) is 0 Å². The van der Waals surface area contributed by atoms with Crippen molar-refractivity contribution < 1.29 is 0 Å². The van der Waals surface area contributed by atoms with Crippen molar-refractivity contribution in [3.05, 3.63) is 62.0 Å². The van der Waals surface area contributed by atoms with Gasteiger partial charge in [0, 0.05) is 15.5 Å². The molecule has 2 aromatic rings. The maximum atomic E-state index is 3.58. The van der Waals surface area contributed by atoms with Crippen molar-refractivity contribution in [3.63, 3.8) is 0 Å². The number of hydrogen-bond donors (Lipinski definition) is 1. The number of halogens is 2. The van der Waals surface area contributed by atoms with Crippen LogP contribution in [0.1, 0.15) is 23.1 Å². The van der Waals surface area contributed by atoms with Gasteiger partial charge < -0.3 is 5.32 Å². The Morgan fingerprint density at radius 3 is 2.47 bits per heavy atom. The van der Waals surface area contributed by atoms with Crippen LogP contribution < -0.4 is 5.32 Å². The van der Waals surface area contributed by atoms with Crippen molar-refractivity contribution in [1.82, 2.24) is 0 Å². The van der Waals surface area contributed by atoms with E-state index in [2.05, 4.69) is 67.5 Å². The molecular weight excluding hydrogens is 366 g/mol. The highest BCUT2D eigenvalue weighted by molar-refractivity contribution is 9.11. The van der Waals surface area contributed by atoms with E-state index in [4.69, 9.17) is 0 Å². The lowest BCUT2D eigenvalue weighted by molar-refractivity contribution is 0.911. The summed E-state index contributed by atoms with van der Waals surface area (Å²) in [6, 6.07) is 13.0. The van der Waals surface area contributed by atoms with Crippen molar-refractivity contribution in [2.75, 3.05) is 5.32 Å². The molecule has 0 fully saturated rings. The predicted molar refractivity (Wildman–Crippen MR) is 87.6 cm³/mol. The lowest BCUT2D eigenvalue weighted by Crippen LogP contribution is -2.01. The Kier molecular flexibility index (Phi) is 3.94. The maximum absolute atomic E-state index is 3.58. The second-order valence-corrected chi connectivity index (χ2v) is 6.62. The number of benzene rings is 2. The molecule has 0 unspecified atom stereocenters. The summed E-state index contributed by atoms with van der Waals surface area (Å²) in [6.07, 6.45) is 3.79. The van der Waals surface area contributed by atoms with E-state index in [9.17, 15) is 0 Å². The standard InChI is InChI=1S/C16H15Br2N/c17-14-5-2-6-15(18)16(14)19-10-11-7-8-12-3-1-4-13(12)9-11/h2,5-9,19H,1,3-4,10H2. The SMILES string of the molecule is Brc1cccc(Br)c1NCc1ccc2c(c1)CCC2. The first-order valence-electron chi connectivity index (χ1n) is 6.52. The molecule has 3 rings (SSSR count). The van der Waals surface area contributed by atoms with E-state index in [1.807, 2.05) is 6.07 Å². The summed E-state index contributed by atoms with van der Waals surface area (Å²) in [5.41, 5.74) is 5.53. The van der Waals surface area contributed by atoms with Gasteiger partial charge in [0.2, 0.25) is 0 Å². The van der Waals surface area contributed by atoms with Crippen LogP contribution in [0.3, 0.4) is 0 Å². The van der Waals surface area contributed by atoms with Gasteiger partial charge >= 0.3 is 0 Å². The molecule has 98 valence electrons. The molecule has 2 aromatic carbocycles. The topological polar surface area (TPSA) is 12.0 Å². The summed E-state index contributed by atoms with van der Waals surface area (Å²) in [5, 5.41) is 3.49. The van der Waals surface area contributed by atoms with Crippen molar-refractivity contribution in [3.8, 4) is 0 Å². The minimum atomic E-state index is 0.856. The largest absolute Gasteiger partial charge is 0.379 e. The zero-order valence-electron chi connectivity index (χ0n) is 10.5. The fourth-order valence-electron chi connectivity index (χ4n) is 2.59. The summed E-state index contributed by atoms with van der Waals surface area (Å²) < 4.78 is 2.17. The first kappa shape index (κ1) is 13.2. The summed E-state index contributed by atoms with van der Waals surface area (Å²) in [4.78, 5) is 0. The molecule has 1 nitrogen and oxygen atoms in total. The number of rotatable bonds is 3. The smallest absolute Gasteiger partial charge is 0.0631 e. The zero-order chi connectivity index (χ0) is 13.2. The van der Waals surface area contributed by atoms with Gasteiger partial charge in [0.25, 0.3) is 0 Å². The van der Waals surface area contributed by atoms with Crippen LogP contribution in [0.4, 0.5) is 5.69 Å². The van der Waals surface area contributed by atoms with Gasteiger partial charge in [0.1, 0.15) is 0 Å². The molecule has 0 aromatic heterocycles. The number of para-hydroxylation sites is 1. The summed E-state index contributed by atoms with van der Waals surface area (Å²) in [6.45, 7) is 0.856. The number of nitrogens with one attached hydrogen (secondary N) is 1. The molecule has 19 heavy (non-hydrogen) atoms. The highest BCUT2D eigenvalue weighted by Gasteiger charge is 2.11. The van der Waals surface area contributed by atoms with Gasteiger partial charge in [-0.2, -0.15) is 0 Å². The highest BCUT2D eigenvalue weighted by atomic mass is 79.9. The molecule has 0 radical (unpaired) electrons. The van der Waals surface area contributed by atoms with E-state index in [1.165, 1.54) is 36.0 Å². The Labute approximate surface area is 130 Å². The van der Waals surface area contributed by atoms with Gasteiger partial charge in [-0.25, -0.2) is 0 Å². The lowest BCUT2D eigenvalue weighted by atomic mass is 10.1. The third kappa shape index (κ3) is 2.87. The molecule has 0 amide bonds. The van der Waals surface area contributed by atoms with Crippen LogP contribution in [0.5, 0.6) is 0 Å². The Balaban J connectivity index is 1.76. The molecule has 1 aliphatic rings. The fourth-order valence-corrected chi connectivity index (χ4v) is 3.87. The second kappa shape index (κ2) is 5.68. The Morgan fingerprint density at radius 2 is 1.68 bits per heavy atom. The molecule has 1 aliphatic carbocycles. The molecule has 0 saturated heterocycles. The average molecular weight is 381 g/mol. The van der Waals surface area contributed by atoms with Gasteiger partial charge in [-0.1, -0.05) is 24.3 Å². The molecule has 1 N–H and O–H groups in total. The monoisotopic (exact) mass is 379 g/mol. The Bertz CT molecular complexity index is 587. The Hall–Kier alpha value is -0.800. The summed E-state index contributed by atoms with van der Waals surface area (Å²) >= 11 is 7.16. The summed E-state index contributed by atoms with van der Waals surface area (Å²) in [5.74, 6) is 0. The van der Waals surface area contributed by atoms with E-state index in [1.54, 1.807) is 0 Å². The van der Waals surface area contributed by atoms with Crippen molar-refractivity contribution >= 4 is 37.5 Å². The van der Waals surface area contributed by atoms with Crippen LogP contribution in [-0.4, -0.2) is 0 Å². The maximum Gasteiger partial charge on any atom is 0.0631 e. The minimum Gasteiger partial charge on any atom is -0.379 e. The van der Waals surface area contributed by atoms with Crippen molar-refractivity contribution in [2.45, 2.75) is 25.8 Å². The normalized spacial score (nSPS) is 13.4. The molecule has 0 bridgehead atoms. The van der Waals surface area contributed by atoms with Crippen molar-refractivity contribution in [2.24, 2.45) is 0 Å². The third-order valence-corrected chi connectivity index (χ3v) is 4.92. The van der Waals surface area contributed by atoms with E-state index in [0.717, 1.165) is 21.2 Å². The van der Waals surface area contributed by atoms with Gasteiger partial charge in [-0.05, 0) is 79.9 Å². The van der Waals surface area contributed by atoms with Gasteiger partial charge in [0.15, 0.2) is 0 Å². The quantitative estimate of drug-likeness (QED) is 0.760. The van der Waals surface area contributed by atoms with Crippen molar-refractivity contribution in [1.29, 1.82) is 0 Å². The minimum absolute atomic E-state index is 0.856. The average Bonchev–Trinajstić information content (AvgIpc) is 2.85. The lowest BCUT2D eigenvalue weighted by Gasteiger charge is -2.11. The van der Waals surface area contributed by atoms with Crippen LogP contribution in [0.15, 0.2) is 45.3 Å². The van der Waals surface area contributed by atoms with E-state index < -0.39 is 0 Å². The third-order valence-electron chi connectivity index (χ3n) is 3.59. The van der Waals surface area contributed by atoms with Crippen LogP contribution in [0.2, 0.25) is 0 Å². The molecule has 0 saturated carbocycles. The molecule has 0 aliphatic heterocycles. The number of hydrogen-bond acceptors (Lipinski definition) is 1. The first-order valence-corrected chi connectivity index (χ1v) is 8.11. The molecule has 0 atom stereocenters.